The van der Waals surface area contributed by atoms with Crippen LogP contribution in [0.15, 0.2) is 40.4 Å². The molecular formula is C21H23Br. The lowest BCUT2D eigenvalue weighted by Crippen LogP contribution is -2.08. The molecule has 1 aromatic rings. The van der Waals surface area contributed by atoms with Gasteiger partial charge in [-0.2, -0.15) is 0 Å². The third kappa shape index (κ3) is 2.44. The molecule has 0 nitrogen and oxygen atoms in total. The first-order valence-corrected chi connectivity index (χ1v) is 9.40. The highest BCUT2D eigenvalue weighted by Gasteiger charge is 2.26. The predicted octanol–water partition coefficient (Wildman–Crippen LogP) is 6.18. The summed E-state index contributed by atoms with van der Waals surface area (Å²) >= 11 is 3.86. The summed E-state index contributed by atoms with van der Waals surface area (Å²) in [7, 11) is 0. The van der Waals surface area contributed by atoms with Crippen LogP contribution in [0.5, 0.6) is 0 Å². The first-order valence-electron chi connectivity index (χ1n) is 8.61. The maximum atomic E-state index is 3.86. The molecule has 0 N–H and O–H groups in total. The Morgan fingerprint density at radius 3 is 2.55 bits per heavy atom. The third-order valence-electron chi connectivity index (χ3n) is 5.55. The normalized spacial score (nSPS) is 19.9. The minimum absolute atomic E-state index is 0.644. The van der Waals surface area contributed by atoms with Crippen molar-refractivity contribution in [2.45, 2.75) is 51.9 Å². The van der Waals surface area contributed by atoms with E-state index in [0.717, 1.165) is 0 Å². The Labute approximate surface area is 142 Å². The van der Waals surface area contributed by atoms with E-state index in [1.54, 1.807) is 33.4 Å². The molecule has 0 amide bonds. The molecule has 0 fully saturated rings. The number of fused-ring (bicyclic) bond motifs is 3. The van der Waals surface area contributed by atoms with Crippen molar-refractivity contribution in [1.29, 1.82) is 0 Å². The zero-order valence-corrected chi connectivity index (χ0v) is 14.9. The van der Waals surface area contributed by atoms with Crippen LogP contribution in [0.25, 0.3) is 5.57 Å². The Kier molecular flexibility index (Phi) is 3.86. The van der Waals surface area contributed by atoms with Gasteiger partial charge in [-0.15, -0.1) is 0 Å². The molecule has 0 bridgehead atoms. The first-order chi connectivity index (χ1) is 10.7. The van der Waals surface area contributed by atoms with E-state index in [4.69, 9.17) is 0 Å². The Hall–Kier alpha value is -1.08. The maximum absolute atomic E-state index is 3.86. The second kappa shape index (κ2) is 5.85. The molecule has 0 aliphatic heterocycles. The number of hydrogen-bond donors (Lipinski definition) is 0. The molecule has 0 saturated carbocycles. The molecule has 3 aliphatic carbocycles. The van der Waals surface area contributed by atoms with Crippen molar-refractivity contribution < 1.29 is 0 Å². The number of hydrogen-bond acceptors (Lipinski definition) is 0. The van der Waals surface area contributed by atoms with Crippen LogP contribution in [0, 0.1) is 5.92 Å². The molecule has 0 unspecified atom stereocenters. The summed E-state index contributed by atoms with van der Waals surface area (Å²) in [6.45, 7) is 2.35. The van der Waals surface area contributed by atoms with Crippen molar-refractivity contribution >= 4 is 21.5 Å². The molecule has 0 aromatic heterocycles. The molecule has 3 aliphatic rings. The van der Waals surface area contributed by atoms with Crippen LogP contribution >= 0.6 is 15.9 Å². The van der Waals surface area contributed by atoms with E-state index in [2.05, 4.69) is 53.2 Å². The fourth-order valence-electron chi connectivity index (χ4n) is 4.37. The quantitative estimate of drug-likeness (QED) is 0.607. The Morgan fingerprint density at radius 2 is 1.77 bits per heavy atom. The molecule has 0 saturated heterocycles. The van der Waals surface area contributed by atoms with Gasteiger partial charge in [0.15, 0.2) is 0 Å². The molecule has 114 valence electrons. The molecule has 1 heteroatoms. The summed E-state index contributed by atoms with van der Waals surface area (Å²) in [6, 6.07) is 2.42. The van der Waals surface area contributed by atoms with Gasteiger partial charge in [-0.25, -0.2) is 0 Å². The van der Waals surface area contributed by atoms with Gasteiger partial charge in [0.25, 0.3) is 0 Å². The Bertz CT molecular complexity index is 691. The summed E-state index contributed by atoms with van der Waals surface area (Å²) in [5, 5.41) is 0. The van der Waals surface area contributed by atoms with E-state index in [9.17, 15) is 0 Å². The zero-order chi connectivity index (χ0) is 15.1. The van der Waals surface area contributed by atoms with E-state index in [0.29, 0.717) is 5.92 Å². The minimum Gasteiger partial charge on any atom is -0.0776 e. The summed E-state index contributed by atoms with van der Waals surface area (Å²) in [5.41, 5.74) is 9.70. The summed E-state index contributed by atoms with van der Waals surface area (Å²) in [6.07, 6.45) is 17.9. The lowest BCUT2D eigenvalue weighted by Gasteiger charge is -2.22. The van der Waals surface area contributed by atoms with Gasteiger partial charge in [-0.1, -0.05) is 45.8 Å². The van der Waals surface area contributed by atoms with Crippen molar-refractivity contribution in [2.24, 2.45) is 5.92 Å². The molecule has 0 atom stereocenters. The van der Waals surface area contributed by atoms with Crippen LogP contribution in [-0.4, -0.2) is 0 Å². The third-order valence-corrected chi connectivity index (χ3v) is 6.26. The van der Waals surface area contributed by atoms with Gasteiger partial charge in [0.2, 0.25) is 0 Å². The SMILES string of the molecule is CC1=C(CCC2C=CC=C2)c2cc(Br)c3c(c2C1)CCCC3. The van der Waals surface area contributed by atoms with Gasteiger partial charge in [0, 0.05) is 4.47 Å². The van der Waals surface area contributed by atoms with Gasteiger partial charge in [0.05, 0.1) is 0 Å². The van der Waals surface area contributed by atoms with E-state index >= 15 is 0 Å². The van der Waals surface area contributed by atoms with Gasteiger partial charge in [-0.05, 0) is 91.7 Å². The molecule has 4 rings (SSSR count). The zero-order valence-electron chi connectivity index (χ0n) is 13.3. The topological polar surface area (TPSA) is 0 Å². The van der Waals surface area contributed by atoms with Gasteiger partial charge in [-0.3, -0.25) is 0 Å². The minimum atomic E-state index is 0.644. The lowest BCUT2D eigenvalue weighted by molar-refractivity contribution is 0.677. The second-order valence-electron chi connectivity index (χ2n) is 6.96. The van der Waals surface area contributed by atoms with Gasteiger partial charge >= 0.3 is 0 Å². The summed E-state index contributed by atoms with van der Waals surface area (Å²) in [5.74, 6) is 0.644. The van der Waals surface area contributed by atoms with Crippen LogP contribution < -0.4 is 0 Å². The van der Waals surface area contributed by atoms with Crippen molar-refractivity contribution in [2.75, 3.05) is 0 Å². The maximum Gasteiger partial charge on any atom is 0.0216 e. The highest BCUT2D eigenvalue weighted by Crippen LogP contribution is 2.43. The number of allylic oxidation sites excluding steroid dienone is 6. The van der Waals surface area contributed by atoms with E-state index in [1.165, 1.54) is 49.4 Å². The summed E-state index contributed by atoms with van der Waals surface area (Å²) in [4.78, 5) is 0. The van der Waals surface area contributed by atoms with E-state index < -0.39 is 0 Å². The van der Waals surface area contributed by atoms with Crippen LogP contribution in [0.2, 0.25) is 0 Å². The van der Waals surface area contributed by atoms with Crippen LogP contribution in [-0.2, 0) is 19.3 Å². The molecular weight excluding hydrogens is 332 g/mol. The Balaban J connectivity index is 1.65. The average molecular weight is 355 g/mol. The Morgan fingerprint density at radius 1 is 1.05 bits per heavy atom. The van der Waals surface area contributed by atoms with Crippen LogP contribution in [0.4, 0.5) is 0 Å². The molecule has 22 heavy (non-hydrogen) atoms. The molecule has 0 heterocycles. The number of benzene rings is 1. The van der Waals surface area contributed by atoms with Crippen LogP contribution in [0.3, 0.4) is 0 Å². The average Bonchev–Trinajstić information content (AvgIpc) is 3.14. The van der Waals surface area contributed by atoms with Crippen LogP contribution in [0.1, 0.15) is 54.9 Å². The van der Waals surface area contributed by atoms with E-state index in [-0.39, 0.29) is 0 Å². The van der Waals surface area contributed by atoms with Crippen molar-refractivity contribution in [1.82, 2.24) is 0 Å². The fraction of sp³-hybridized carbons (Fsp3) is 0.429. The first kappa shape index (κ1) is 14.5. The highest BCUT2D eigenvalue weighted by molar-refractivity contribution is 9.10. The summed E-state index contributed by atoms with van der Waals surface area (Å²) < 4.78 is 1.36. The smallest absolute Gasteiger partial charge is 0.0216 e. The highest BCUT2D eigenvalue weighted by atomic mass is 79.9. The molecule has 1 aromatic carbocycles. The molecule has 0 spiro atoms. The lowest BCUT2D eigenvalue weighted by atomic mass is 9.85. The standard InChI is InChI=1S/C21H23Br/c1-14-12-19-17-8-4-5-9-18(17)21(22)13-20(19)16(14)11-10-15-6-2-3-7-15/h2-3,6-7,13,15H,4-5,8-12H2,1H3. The van der Waals surface area contributed by atoms with Gasteiger partial charge < -0.3 is 0 Å². The number of halogens is 1. The largest absolute Gasteiger partial charge is 0.0776 e. The molecule has 0 radical (unpaired) electrons. The predicted molar refractivity (Wildman–Crippen MR) is 98.1 cm³/mol. The van der Waals surface area contributed by atoms with E-state index in [1.807, 2.05) is 0 Å². The van der Waals surface area contributed by atoms with Crippen molar-refractivity contribution in [3.05, 3.63) is 62.7 Å². The van der Waals surface area contributed by atoms with Crippen molar-refractivity contribution in [3.8, 4) is 0 Å². The fourth-order valence-corrected chi connectivity index (χ4v) is 5.03. The number of rotatable bonds is 3. The second-order valence-corrected chi connectivity index (χ2v) is 7.81. The van der Waals surface area contributed by atoms with Gasteiger partial charge in [0.1, 0.15) is 0 Å². The monoisotopic (exact) mass is 354 g/mol. The van der Waals surface area contributed by atoms with Crippen molar-refractivity contribution in [3.63, 3.8) is 0 Å².